The van der Waals surface area contributed by atoms with Crippen molar-refractivity contribution in [3.05, 3.63) is 128 Å². The quantitative estimate of drug-likeness (QED) is 0.216. The van der Waals surface area contributed by atoms with E-state index in [4.69, 9.17) is 9.47 Å². The number of halogens is 2. The maximum absolute atomic E-state index is 12.8. The van der Waals surface area contributed by atoms with Gasteiger partial charge >= 0.3 is 0 Å². The van der Waals surface area contributed by atoms with Gasteiger partial charge in [0.05, 0.1) is 27.3 Å². The molecule has 2 aliphatic rings. The highest BCUT2D eigenvalue weighted by molar-refractivity contribution is 9.10. The average molecular weight is 781 g/mol. The molecule has 0 spiro atoms. The Bertz CT molecular complexity index is 1730. The van der Waals surface area contributed by atoms with Crippen LogP contribution in [-0.2, 0) is 11.2 Å². The summed E-state index contributed by atoms with van der Waals surface area (Å²) in [6.45, 7) is 1.87. The third kappa shape index (κ3) is 8.47. The first kappa shape index (κ1) is 35.6. The van der Waals surface area contributed by atoms with Gasteiger partial charge in [0.2, 0.25) is 0 Å². The third-order valence-electron chi connectivity index (χ3n) is 8.89. The van der Waals surface area contributed by atoms with Gasteiger partial charge in [0.15, 0.2) is 0 Å². The molecule has 2 aliphatic heterocycles. The lowest BCUT2D eigenvalue weighted by atomic mass is 9.85. The van der Waals surface area contributed by atoms with Crippen molar-refractivity contribution >= 4 is 43.7 Å². The predicted molar refractivity (Wildman–Crippen MR) is 192 cm³/mol. The van der Waals surface area contributed by atoms with E-state index in [-0.39, 0.29) is 24.9 Å². The SMILES string of the molecule is COc1cccc(C2(O)CCCN(C(=O)c3ccc(Br)cc3)C2)c1.COc1cccc(C2(O)CCCN(C(=O)c3cccc(Br)c3)C2)c1. The lowest BCUT2D eigenvalue weighted by molar-refractivity contribution is -0.0290. The highest BCUT2D eigenvalue weighted by Crippen LogP contribution is 2.35. The highest BCUT2D eigenvalue weighted by atomic mass is 79.9. The Kier molecular flexibility index (Phi) is 11.6. The largest absolute Gasteiger partial charge is 0.497 e. The van der Waals surface area contributed by atoms with E-state index in [0.29, 0.717) is 48.6 Å². The summed E-state index contributed by atoms with van der Waals surface area (Å²) in [5, 5.41) is 22.2. The molecular weight excluding hydrogens is 740 g/mol. The molecule has 48 heavy (non-hydrogen) atoms. The van der Waals surface area contributed by atoms with E-state index in [0.717, 1.165) is 32.9 Å². The van der Waals surface area contributed by atoms with Crippen molar-refractivity contribution in [1.29, 1.82) is 0 Å². The Morgan fingerprint density at radius 3 is 1.58 bits per heavy atom. The number of aliphatic hydroxyl groups is 2. The molecule has 0 bridgehead atoms. The Morgan fingerprint density at radius 1 is 0.625 bits per heavy atom. The van der Waals surface area contributed by atoms with Gasteiger partial charge in [0.25, 0.3) is 11.8 Å². The van der Waals surface area contributed by atoms with Crippen LogP contribution < -0.4 is 9.47 Å². The van der Waals surface area contributed by atoms with Crippen LogP contribution in [0.15, 0.2) is 106 Å². The number of rotatable bonds is 6. The van der Waals surface area contributed by atoms with Gasteiger partial charge in [-0.2, -0.15) is 0 Å². The molecule has 2 N–H and O–H groups in total. The second-order valence-corrected chi connectivity index (χ2v) is 14.0. The van der Waals surface area contributed by atoms with Gasteiger partial charge in [-0.25, -0.2) is 0 Å². The van der Waals surface area contributed by atoms with E-state index in [1.54, 1.807) is 42.2 Å². The zero-order valence-corrected chi connectivity index (χ0v) is 30.2. The maximum atomic E-state index is 12.8. The number of ether oxygens (including phenoxy) is 2. The van der Waals surface area contributed by atoms with Gasteiger partial charge in [-0.15, -0.1) is 0 Å². The van der Waals surface area contributed by atoms with Crippen LogP contribution in [0.1, 0.15) is 57.5 Å². The van der Waals surface area contributed by atoms with Crippen molar-refractivity contribution < 1.29 is 29.3 Å². The van der Waals surface area contributed by atoms with E-state index in [2.05, 4.69) is 31.9 Å². The van der Waals surface area contributed by atoms with Gasteiger partial charge in [-0.1, -0.05) is 62.2 Å². The molecule has 6 rings (SSSR count). The van der Waals surface area contributed by atoms with Gasteiger partial charge < -0.3 is 29.5 Å². The number of methoxy groups -OCH3 is 2. The molecule has 8 nitrogen and oxygen atoms in total. The van der Waals surface area contributed by atoms with Crippen molar-refractivity contribution in [2.45, 2.75) is 36.9 Å². The second kappa shape index (κ2) is 15.7. The number of hydrogen-bond donors (Lipinski definition) is 2. The molecular formula is C38H40Br2N2O6. The first-order valence-electron chi connectivity index (χ1n) is 15.9. The van der Waals surface area contributed by atoms with Crippen LogP contribution in [0, 0.1) is 0 Å². The van der Waals surface area contributed by atoms with Gasteiger partial charge in [-0.3, -0.25) is 9.59 Å². The van der Waals surface area contributed by atoms with Crippen molar-refractivity contribution in [3.8, 4) is 11.5 Å². The number of piperidine rings is 2. The molecule has 2 unspecified atom stereocenters. The van der Waals surface area contributed by atoms with E-state index in [9.17, 15) is 19.8 Å². The molecule has 4 aromatic rings. The summed E-state index contributed by atoms with van der Waals surface area (Å²) in [5.41, 5.74) is 0.739. The summed E-state index contributed by atoms with van der Waals surface area (Å²) in [5.74, 6) is 1.30. The second-order valence-electron chi connectivity index (χ2n) is 12.2. The monoisotopic (exact) mass is 778 g/mol. The number of carbonyl (C=O) groups is 2. The van der Waals surface area contributed by atoms with Crippen molar-refractivity contribution in [2.75, 3.05) is 40.4 Å². The van der Waals surface area contributed by atoms with E-state index >= 15 is 0 Å². The van der Waals surface area contributed by atoms with Crippen LogP contribution in [0.2, 0.25) is 0 Å². The topological polar surface area (TPSA) is 99.5 Å². The van der Waals surface area contributed by atoms with Crippen LogP contribution in [0.5, 0.6) is 11.5 Å². The van der Waals surface area contributed by atoms with E-state index < -0.39 is 11.2 Å². The number of hydrogen-bond acceptors (Lipinski definition) is 6. The fourth-order valence-electron chi connectivity index (χ4n) is 6.29. The number of amides is 2. The molecule has 2 saturated heterocycles. The van der Waals surface area contributed by atoms with Gasteiger partial charge in [0, 0.05) is 33.2 Å². The lowest BCUT2D eigenvalue weighted by Gasteiger charge is -2.39. The molecule has 4 aromatic carbocycles. The molecule has 2 amide bonds. The smallest absolute Gasteiger partial charge is 0.254 e. The van der Waals surface area contributed by atoms with Crippen molar-refractivity contribution in [3.63, 3.8) is 0 Å². The third-order valence-corrected chi connectivity index (χ3v) is 9.91. The van der Waals surface area contributed by atoms with Crippen molar-refractivity contribution in [2.24, 2.45) is 0 Å². The molecule has 0 saturated carbocycles. The Labute approximate surface area is 298 Å². The summed E-state index contributed by atoms with van der Waals surface area (Å²) < 4.78 is 12.3. The number of benzene rings is 4. The first-order valence-corrected chi connectivity index (χ1v) is 17.5. The minimum Gasteiger partial charge on any atom is -0.497 e. The standard InChI is InChI=1S/2C19H20BrNO3/c1-24-17-8-3-6-15(12-17)19(23)9-4-10-21(13-19)18(22)14-5-2-7-16(20)11-14;1-24-17-5-2-4-15(12-17)19(23)10-3-11-21(13-19)18(22)14-6-8-16(20)9-7-14/h2-3,5-8,11-12,23H,4,9-10,13H2,1H3;2,4-9,12,23H,3,10-11,13H2,1H3. The van der Waals surface area contributed by atoms with Gasteiger partial charge in [-0.05, 0) is 104 Å². The predicted octanol–water partition coefficient (Wildman–Crippen LogP) is 7.16. The minimum atomic E-state index is -1.05. The minimum absolute atomic E-state index is 0.0523. The Balaban J connectivity index is 0.000000188. The van der Waals surface area contributed by atoms with E-state index in [1.165, 1.54) is 0 Å². The molecule has 0 aliphatic carbocycles. The number of carbonyl (C=O) groups excluding carboxylic acids is 2. The van der Waals surface area contributed by atoms with Crippen molar-refractivity contribution in [1.82, 2.24) is 9.80 Å². The van der Waals surface area contributed by atoms with Crippen LogP contribution in [0.4, 0.5) is 0 Å². The Hall–Kier alpha value is -3.70. The lowest BCUT2D eigenvalue weighted by Crippen LogP contribution is -2.48. The number of likely N-dealkylation sites (tertiary alicyclic amines) is 2. The zero-order valence-electron chi connectivity index (χ0n) is 27.1. The summed E-state index contributed by atoms with van der Waals surface area (Å²) >= 11 is 6.77. The fourth-order valence-corrected chi connectivity index (χ4v) is 6.96. The molecule has 2 fully saturated rings. The highest BCUT2D eigenvalue weighted by Gasteiger charge is 2.38. The maximum Gasteiger partial charge on any atom is 0.254 e. The van der Waals surface area contributed by atoms with Crippen LogP contribution in [0.3, 0.4) is 0 Å². The normalized spacial score (nSPS) is 20.7. The molecule has 10 heteroatoms. The Morgan fingerprint density at radius 2 is 1.10 bits per heavy atom. The molecule has 0 aromatic heterocycles. The van der Waals surface area contributed by atoms with Crippen LogP contribution >= 0.6 is 31.9 Å². The van der Waals surface area contributed by atoms with Gasteiger partial charge in [0.1, 0.15) is 22.7 Å². The first-order chi connectivity index (χ1) is 23.0. The molecule has 2 atom stereocenters. The summed E-state index contributed by atoms with van der Waals surface area (Å²) in [4.78, 5) is 28.9. The molecule has 252 valence electrons. The van der Waals surface area contributed by atoms with Crippen LogP contribution in [0.25, 0.3) is 0 Å². The fraction of sp³-hybridized carbons (Fsp3) is 0.316. The molecule has 0 radical (unpaired) electrons. The summed E-state index contributed by atoms with van der Waals surface area (Å²) in [6.07, 6.45) is 2.77. The number of nitrogens with zero attached hydrogens (tertiary/aromatic N) is 2. The average Bonchev–Trinajstić information content (AvgIpc) is 3.11. The summed E-state index contributed by atoms with van der Waals surface area (Å²) in [6, 6.07) is 29.5. The van der Waals surface area contributed by atoms with Crippen LogP contribution in [-0.4, -0.2) is 72.2 Å². The zero-order chi connectivity index (χ0) is 34.3. The number of β-amino-alcohol motifs (C(OH)–C–C–N with tert-alkyl or cyclic N) is 2. The molecule has 2 heterocycles. The summed E-state index contributed by atoms with van der Waals surface area (Å²) in [7, 11) is 3.21. The van der Waals surface area contributed by atoms with E-state index in [1.807, 2.05) is 78.9 Å².